The van der Waals surface area contributed by atoms with Crippen LogP contribution in [0.5, 0.6) is 0 Å². The smallest absolute Gasteiger partial charge is 0.259 e. The molecule has 2 aromatic rings. The number of nitrogens with zero attached hydrogens (tertiary/aromatic N) is 2. The Kier molecular flexibility index (Phi) is 4.38. The third-order valence-electron chi connectivity index (χ3n) is 2.78. The minimum Gasteiger partial charge on any atom is -0.323 e. The molecule has 0 aliphatic rings. The minimum atomic E-state index is -0.424. The Labute approximate surface area is 126 Å². The van der Waals surface area contributed by atoms with Gasteiger partial charge in [-0.15, -0.1) is 0 Å². The molecule has 1 amide bonds. The van der Waals surface area contributed by atoms with Crippen LogP contribution in [0.3, 0.4) is 0 Å². The Balaban J connectivity index is 2.32. The molecule has 106 valence electrons. The lowest BCUT2D eigenvalue weighted by molar-refractivity contribution is 0.102. The number of amides is 1. The maximum atomic E-state index is 12.3. The summed E-state index contributed by atoms with van der Waals surface area (Å²) in [6, 6.07) is 8.25. The number of pyridine rings is 1. The van der Waals surface area contributed by atoms with E-state index >= 15 is 0 Å². The van der Waals surface area contributed by atoms with Crippen molar-refractivity contribution in [2.75, 3.05) is 10.7 Å². The predicted molar refractivity (Wildman–Crippen MR) is 80.9 cm³/mol. The summed E-state index contributed by atoms with van der Waals surface area (Å²) in [5.41, 5.74) is 4.66. The zero-order valence-electron chi connectivity index (χ0n) is 11.1. The molecule has 1 aromatic heterocycles. The van der Waals surface area contributed by atoms with Gasteiger partial charge in [-0.25, -0.2) is 0 Å². The van der Waals surface area contributed by atoms with Crippen molar-refractivity contribution in [3.8, 4) is 6.07 Å². The third kappa shape index (κ3) is 3.28. The highest BCUT2D eigenvalue weighted by molar-refractivity contribution is 6.34. The van der Waals surface area contributed by atoms with E-state index in [4.69, 9.17) is 22.7 Å². The number of rotatable bonds is 3. The number of anilines is 2. The lowest BCUT2D eigenvalue weighted by Gasteiger charge is -2.11. The monoisotopic (exact) mass is 301 g/mol. The van der Waals surface area contributed by atoms with E-state index in [1.807, 2.05) is 6.07 Å². The van der Waals surface area contributed by atoms with Crippen LogP contribution in [0.2, 0.25) is 5.02 Å². The highest BCUT2D eigenvalue weighted by atomic mass is 35.5. The molecule has 2 rings (SSSR count). The summed E-state index contributed by atoms with van der Waals surface area (Å²) in [7, 11) is 0. The van der Waals surface area contributed by atoms with Gasteiger partial charge >= 0.3 is 0 Å². The number of halogens is 1. The molecule has 0 saturated heterocycles. The van der Waals surface area contributed by atoms with Crippen LogP contribution in [0.15, 0.2) is 30.5 Å². The van der Waals surface area contributed by atoms with E-state index in [0.29, 0.717) is 22.0 Å². The molecule has 7 heteroatoms. The van der Waals surface area contributed by atoms with Gasteiger partial charge in [-0.2, -0.15) is 5.26 Å². The first-order valence-electron chi connectivity index (χ1n) is 5.99. The van der Waals surface area contributed by atoms with E-state index in [0.717, 1.165) is 5.69 Å². The second-order valence-electron chi connectivity index (χ2n) is 4.28. The van der Waals surface area contributed by atoms with Gasteiger partial charge in [-0.3, -0.25) is 15.6 Å². The SMILES string of the molecule is Cc1cc(NN)c(C(=O)Nc2cc(C#N)ccc2Cl)cn1. The molecular formula is C14H12ClN5O. The topological polar surface area (TPSA) is 104 Å². The first-order valence-corrected chi connectivity index (χ1v) is 6.37. The van der Waals surface area contributed by atoms with Gasteiger partial charge in [0.25, 0.3) is 5.91 Å². The molecule has 1 aromatic carbocycles. The van der Waals surface area contributed by atoms with Crippen LogP contribution in [0.25, 0.3) is 0 Å². The predicted octanol–water partition coefficient (Wildman–Crippen LogP) is 2.45. The quantitative estimate of drug-likeness (QED) is 0.597. The van der Waals surface area contributed by atoms with Gasteiger partial charge in [0.1, 0.15) is 0 Å². The van der Waals surface area contributed by atoms with Gasteiger partial charge in [0.05, 0.1) is 33.6 Å². The van der Waals surface area contributed by atoms with Gasteiger partial charge in [-0.05, 0) is 31.2 Å². The molecule has 0 fully saturated rings. The number of nitrogens with one attached hydrogen (secondary N) is 2. The molecule has 6 nitrogen and oxygen atoms in total. The van der Waals surface area contributed by atoms with Gasteiger partial charge in [0, 0.05) is 11.9 Å². The van der Waals surface area contributed by atoms with E-state index in [1.165, 1.54) is 12.3 Å². The fraction of sp³-hybridized carbons (Fsp3) is 0.0714. The Bertz CT molecular complexity index is 739. The summed E-state index contributed by atoms with van der Waals surface area (Å²) >= 11 is 6.00. The van der Waals surface area contributed by atoms with Crippen LogP contribution in [0, 0.1) is 18.3 Å². The molecule has 0 unspecified atom stereocenters. The summed E-state index contributed by atoms with van der Waals surface area (Å²) in [6.45, 7) is 1.79. The fourth-order valence-electron chi connectivity index (χ4n) is 1.74. The number of hydrazine groups is 1. The molecule has 0 bridgehead atoms. The van der Waals surface area contributed by atoms with Gasteiger partial charge in [-0.1, -0.05) is 11.6 Å². The first kappa shape index (κ1) is 14.8. The molecule has 0 radical (unpaired) electrons. The van der Waals surface area contributed by atoms with Crippen molar-refractivity contribution in [2.24, 2.45) is 5.84 Å². The number of carbonyl (C=O) groups excluding carboxylic acids is 1. The molecule has 1 heterocycles. The van der Waals surface area contributed by atoms with Gasteiger partial charge < -0.3 is 10.7 Å². The number of benzene rings is 1. The van der Waals surface area contributed by atoms with Crippen molar-refractivity contribution < 1.29 is 4.79 Å². The Morgan fingerprint density at radius 3 is 2.81 bits per heavy atom. The number of hydrogen-bond donors (Lipinski definition) is 3. The summed E-state index contributed by atoms with van der Waals surface area (Å²) in [5, 5.41) is 11.8. The van der Waals surface area contributed by atoms with Crippen molar-refractivity contribution >= 4 is 28.9 Å². The minimum absolute atomic E-state index is 0.279. The Hall–Kier alpha value is -2.62. The molecule has 0 saturated carbocycles. The van der Waals surface area contributed by atoms with E-state index in [1.54, 1.807) is 25.1 Å². The Morgan fingerprint density at radius 2 is 2.14 bits per heavy atom. The molecule has 0 spiro atoms. The van der Waals surface area contributed by atoms with Gasteiger partial charge in [0.15, 0.2) is 0 Å². The highest BCUT2D eigenvalue weighted by Gasteiger charge is 2.14. The zero-order valence-corrected chi connectivity index (χ0v) is 11.9. The van der Waals surface area contributed by atoms with Crippen molar-refractivity contribution in [3.05, 3.63) is 52.3 Å². The lowest BCUT2D eigenvalue weighted by atomic mass is 10.1. The van der Waals surface area contributed by atoms with Crippen molar-refractivity contribution in [1.29, 1.82) is 5.26 Å². The summed E-state index contributed by atoms with van der Waals surface area (Å²) in [5.74, 6) is 4.98. The second-order valence-corrected chi connectivity index (χ2v) is 4.68. The molecule has 0 aliphatic heterocycles. The fourth-order valence-corrected chi connectivity index (χ4v) is 1.91. The normalized spacial score (nSPS) is 9.81. The zero-order chi connectivity index (χ0) is 15.4. The summed E-state index contributed by atoms with van der Waals surface area (Å²) in [4.78, 5) is 16.3. The van der Waals surface area contributed by atoms with E-state index < -0.39 is 5.91 Å². The number of hydrogen-bond acceptors (Lipinski definition) is 5. The average Bonchev–Trinajstić information content (AvgIpc) is 2.49. The van der Waals surface area contributed by atoms with Crippen LogP contribution < -0.4 is 16.6 Å². The standard InChI is InChI=1S/C14H12ClN5O/c1-8-4-12(20-17)10(7-18-8)14(21)19-13-5-9(6-16)2-3-11(13)15/h2-5,7H,17H2,1H3,(H,18,20)(H,19,21). The van der Waals surface area contributed by atoms with Crippen LogP contribution in [-0.2, 0) is 0 Å². The number of carbonyl (C=O) groups is 1. The van der Waals surface area contributed by atoms with Crippen LogP contribution >= 0.6 is 11.6 Å². The number of nitrogen functional groups attached to an aromatic ring is 1. The van der Waals surface area contributed by atoms with Gasteiger partial charge in [0.2, 0.25) is 0 Å². The number of nitriles is 1. The highest BCUT2D eigenvalue weighted by Crippen LogP contribution is 2.24. The van der Waals surface area contributed by atoms with Crippen LogP contribution in [0.1, 0.15) is 21.6 Å². The summed E-state index contributed by atoms with van der Waals surface area (Å²) in [6.07, 6.45) is 1.42. The number of aryl methyl sites for hydroxylation is 1. The van der Waals surface area contributed by atoms with Crippen LogP contribution in [-0.4, -0.2) is 10.9 Å². The first-order chi connectivity index (χ1) is 10.0. The van der Waals surface area contributed by atoms with Crippen molar-refractivity contribution in [1.82, 2.24) is 4.98 Å². The second kappa shape index (κ2) is 6.22. The third-order valence-corrected chi connectivity index (χ3v) is 3.11. The lowest BCUT2D eigenvalue weighted by Crippen LogP contribution is -2.18. The maximum absolute atomic E-state index is 12.3. The summed E-state index contributed by atoms with van der Waals surface area (Å²) < 4.78 is 0. The van der Waals surface area contributed by atoms with E-state index in [9.17, 15) is 4.79 Å². The molecule has 21 heavy (non-hydrogen) atoms. The average molecular weight is 302 g/mol. The number of nitrogens with two attached hydrogens (primary N) is 1. The molecule has 0 atom stereocenters. The van der Waals surface area contributed by atoms with E-state index in [2.05, 4.69) is 15.7 Å². The van der Waals surface area contributed by atoms with Crippen molar-refractivity contribution in [2.45, 2.75) is 6.92 Å². The number of aromatic nitrogens is 1. The van der Waals surface area contributed by atoms with E-state index in [-0.39, 0.29) is 5.56 Å². The van der Waals surface area contributed by atoms with Crippen molar-refractivity contribution in [3.63, 3.8) is 0 Å². The molecule has 0 aliphatic carbocycles. The Morgan fingerprint density at radius 1 is 1.38 bits per heavy atom. The maximum Gasteiger partial charge on any atom is 0.259 e. The largest absolute Gasteiger partial charge is 0.323 e. The van der Waals surface area contributed by atoms with Crippen LogP contribution in [0.4, 0.5) is 11.4 Å². The molecule has 4 N–H and O–H groups in total. The molecular weight excluding hydrogens is 290 g/mol.